The molecule has 3 amide bonds. The molecule has 2 aromatic carbocycles. The molecule has 1 aliphatic heterocycles. The van der Waals surface area contributed by atoms with E-state index < -0.39 is 17.6 Å². The van der Waals surface area contributed by atoms with Crippen LogP contribution in [0.4, 0.5) is 18.9 Å². The van der Waals surface area contributed by atoms with E-state index in [4.69, 9.17) is 0 Å². The van der Waals surface area contributed by atoms with Crippen molar-refractivity contribution in [1.29, 1.82) is 0 Å². The van der Waals surface area contributed by atoms with E-state index in [9.17, 15) is 27.6 Å². The molecule has 1 fully saturated rings. The fourth-order valence-electron chi connectivity index (χ4n) is 3.73. The van der Waals surface area contributed by atoms with Gasteiger partial charge in [-0.05, 0) is 49.2 Å². The number of aryl methyl sites for hydroxylation is 2. The van der Waals surface area contributed by atoms with Gasteiger partial charge < -0.3 is 15.5 Å². The van der Waals surface area contributed by atoms with E-state index in [2.05, 4.69) is 10.6 Å². The number of nitrogens with one attached hydrogen (secondary N) is 2. The van der Waals surface area contributed by atoms with Gasteiger partial charge in [0.1, 0.15) is 0 Å². The van der Waals surface area contributed by atoms with Crippen molar-refractivity contribution in [1.82, 2.24) is 15.1 Å². The molecule has 0 radical (unpaired) electrons. The molecule has 2 N–H and O–H groups in total. The number of hydrogen-bond donors (Lipinski definition) is 2. The average molecular weight is 476 g/mol. The fourth-order valence-corrected chi connectivity index (χ4v) is 3.73. The maximum Gasteiger partial charge on any atom is 0.416 e. The Morgan fingerprint density at radius 1 is 0.912 bits per heavy atom. The van der Waals surface area contributed by atoms with Gasteiger partial charge in [0.2, 0.25) is 11.8 Å². The molecule has 0 unspecified atom stereocenters. The number of carbonyl (C=O) groups excluding carboxylic acids is 3. The van der Waals surface area contributed by atoms with Gasteiger partial charge >= 0.3 is 6.18 Å². The van der Waals surface area contributed by atoms with Gasteiger partial charge in [-0.15, -0.1) is 0 Å². The molecule has 1 heterocycles. The number of amides is 3. The Hall–Kier alpha value is -3.40. The van der Waals surface area contributed by atoms with Gasteiger partial charge in [0, 0.05) is 37.4 Å². The zero-order chi connectivity index (χ0) is 24.9. The van der Waals surface area contributed by atoms with Crippen LogP contribution < -0.4 is 10.6 Å². The summed E-state index contributed by atoms with van der Waals surface area (Å²) in [4.78, 5) is 40.6. The molecular weight excluding hydrogens is 449 g/mol. The lowest BCUT2D eigenvalue weighted by atomic mass is 10.1. The van der Waals surface area contributed by atoms with Gasteiger partial charge in [-0.3, -0.25) is 19.3 Å². The van der Waals surface area contributed by atoms with Crippen LogP contribution in [-0.4, -0.2) is 66.8 Å². The summed E-state index contributed by atoms with van der Waals surface area (Å²) in [7, 11) is 0. The van der Waals surface area contributed by atoms with E-state index in [1.54, 1.807) is 4.90 Å². The highest BCUT2D eigenvalue weighted by atomic mass is 19.4. The molecule has 0 bridgehead atoms. The number of rotatable bonds is 6. The van der Waals surface area contributed by atoms with Gasteiger partial charge in [-0.2, -0.15) is 13.2 Å². The number of benzene rings is 2. The molecule has 0 aromatic heterocycles. The molecule has 7 nitrogen and oxygen atoms in total. The summed E-state index contributed by atoms with van der Waals surface area (Å²) in [5.41, 5.74) is 1.98. The van der Waals surface area contributed by atoms with Crippen molar-refractivity contribution in [2.24, 2.45) is 0 Å². The largest absolute Gasteiger partial charge is 0.416 e. The Labute approximate surface area is 195 Å². The first kappa shape index (κ1) is 25.2. The number of anilines is 1. The van der Waals surface area contributed by atoms with Crippen LogP contribution in [-0.2, 0) is 15.8 Å². The first-order valence-corrected chi connectivity index (χ1v) is 10.9. The standard InChI is InChI=1S/C24H27F3N4O3/c1-16-4-3-5-17(2)22(16)29-20(32)15-30-10-12-31(13-11-30)21(33)14-28-23(34)18-6-8-19(9-7-18)24(25,26)27/h3-9H,10-15H2,1-2H3,(H,28,34)(H,29,32). The van der Waals surface area contributed by atoms with Crippen LogP contribution in [0.2, 0.25) is 0 Å². The lowest BCUT2D eigenvalue weighted by molar-refractivity contribution is -0.137. The zero-order valence-electron chi connectivity index (χ0n) is 19.0. The van der Waals surface area contributed by atoms with E-state index in [1.807, 2.05) is 36.9 Å². The van der Waals surface area contributed by atoms with Crippen molar-refractivity contribution in [3.63, 3.8) is 0 Å². The van der Waals surface area contributed by atoms with Crippen molar-refractivity contribution < 1.29 is 27.6 Å². The summed E-state index contributed by atoms with van der Waals surface area (Å²) in [5, 5.41) is 5.40. The highest BCUT2D eigenvalue weighted by Gasteiger charge is 2.30. The SMILES string of the molecule is Cc1cccc(C)c1NC(=O)CN1CCN(C(=O)CNC(=O)c2ccc(C(F)(F)F)cc2)CC1. The number of nitrogens with zero attached hydrogens (tertiary/aromatic N) is 2. The zero-order valence-corrected chi connectivity index (χ0v) is 19.0. The Kier molecular flexibility index (Phi) is 7.93. The second-order valence-corrected chi connectivity index (χ2v) is 8.23. The number of alkyl halides is 3. The second-order valence-electron chi connectivity index (χ2n) is 8.23. The summed E-state index contributed by atoms with van der Waals surface area (Å²) >= 11 is 0. The Morgan fingerprint density at radius 2 is 1.50 bits per heavy atom. The van der Waals surface area contributed by atoms with Gasteiger partial charge in [-0.25, -0.2) is 0 Å². The number of carbonyl (C=O) groups is 3. The van der Waals surface area contributed by atoms with Crippen molar-refractivity contribution in [3.8, 4) is 0 Å². The lowest BCUT2D eigenvalue weighted by Gasteiger charge is -2.34. The Bertz CT molecular complexity index is 1030. The van der Waals surface area contributed by atoms with Gasteiger partial charge in [0.05, 0.1) is 18.7 Å². The number of piperazine rings is 1. The van der Waals surface area contributed by atoms with E-state index >= 15 is 0 Å². The maximum atomic E-state index is 12.6. The van der Waals surface area contributed by atoms with Crippen LogP contribution >= 0.6 is 0 Å². The molecule has 0 saturated carbocycles. The predicted molar refractivity (Wildman–Crippen MR) is 121 cm³/mol. The highest BCUT2D eigenvalue weighted by molar-refractivity contribution is 5.96. The molecule has 10 heteroatoms. The van der Waals surface area contributed by atoms with Crippen LogP contribution in [0.15, 0.2) is 42.5 Å². The molecule has 1 aliphatic rings. The van der Waals surface area contributed by atoms with Gasteiger partial charge in [0.15, 0.2) is 0 Å². The maximum absolute atomic E-state index is 12.6. The van der Waals surface area contributed by atoms with Crippen molar-refractivity contribution in [2.75, 3.05) is 44.6 Å². The lowest BCUT2D eigenvalue weighted by Crippen LogP contribution is -2.52. The Balaban J connectivity index is 1.42. The summed E-state index contributed by atoms with van der Waals surface area (Å²) in [6, 6.07) is 9.60. The van der Waals surface area contributed by atoms with Gasteiger partial charge in [-0.1, -0.05) is 18.2 Å². The summed E-state index contributed by atoms with van der Waals surface area (Å²) in [6.07, 6.45) is -4.48. The monoisotopic (exact) mass is 476 g/mol. The quantitative estimate of drug-likeness (QED) is 0.672. The van der Waals surface area contributed by atoms with Crippen LogP contribution in [0.25, 0.3) is 0 Å². The number of halogens is 3. The topological polar surface area (TPSA) is 81.8 Å². The minimum atomic E-state index is -4.48. The highest BCUT2D eigenvalue weighted by Crippen LogP contribution is 2.29. The minimum absolute atomic E-state index is 0.0421. The van der Waals surface area contributed by atoms with Crippen molar-refractivity contribution in [2.45, 2.75) is 20.0 Å². The molecule has 0 spiro atoms. The third-order valence-electron chi connectivity index (χ3n) is 5.71. The third-order valence-corrected chi connectivity index (χ3v) is 5.71. The third kappa shape index (κ3) is 6.57. The van der Waals surface area contributed by atoms with E-state index in [1.165, 1.54) is 0 Å². The number of hydrogen-bond acceptors (Lipinski definition) is 4. The van der Waals surface area contributed by atoms with Crippen molar-refractivity contribution >= 4 is 23.4 Å². The van der Waals surface area contributed by atoms with Crippen LogP contribution in [0.5, 0.6) is 0 Å². The minimum Gasteiger partial charge on any atom is -0.343 e. The molecule has 182 valence electrons. The van der Waals surface area contributed by atoms with Crippen LogP contribution in [0.3, 0.4) is 0 Å². The smallest absolute Gasteiger partial charge is 0.343 e. The normalized spacial score (nSPS) is 14.6. The summed E-state index contributed by atoms with van der Waals surface area (Å²) < 4.78 is 37.9. The molecule has 34 heavy (non-hydrogen) atoms. The first-order chi connectivity index (χ1) is 16.0. The van der Waals surface area contributed by atoms with Gasteiger partial charge in [0.25, 0.3) is 5.91 Å². The summed E-state index contributed by atoms with van der Waals surface area (Å²) in [5.74, 6) is -1.04. The van der Waals surface area contributed by atoms with E-state index in [-0.39, 0.29) is 30.5 Å². The van der Waals surface area contributed by atoms with Crippen LogP contribution in [0.1, 0.15) is 27.0 Å². The molecule has 0 aliphatic carbocycles. The number of para-hydroxylation sites is 1. The molecule has 1 saturated heterocycles. The van der Waals surface area contributed by atoms with Crippen LogP contribution in [0, 0.1) is 13.8 Å². The van der Waals surface area contributed by atoms with E-state index in [0.717, 1.165) is 41.1 Å². The molecule has 0 atom stereocenters. The first-order valence-electron chi connectivity index (χ1n) is 10.9. The second kappa shape index (κ2) is 10.7. The average Bonchev–Trinajstić information content (AvgIpc) is 2.80. The molecule has 3 rings (SSSR count). The fraction of sp³-hybridized carbons (Fsp3) is 0.375. The molecular formula is C24H27F3N4O3. The Morgan fingerprint density at radius 3 is 2.06 bits per heavy atom. The van der Waals surface area contributed by atoms with E-state index in [0.29, 0.717) is 26.2 Å². The summed E-state index contributed by atoms with van der Waals surface area (Å²) in [6.45, 7) is 5.66. The predicted octanol–water partition coefficient (Wildman–Crippen LogP) is 2.83. The van der Waals surface area contributed by atoms with Crippen molar-refractivity contribution in [3.05, 3.63) is 64.7 Å². The molecule has 2 aromatic rings.